The van der Waals surface area contributed by atoms with Crippen molar-refractivity contribution in [2.75, 3.05) is 19.8 Å². The first kappa shape index (κ1) is 9.93. The number of hydrogen-bond donors (Lipinski definition) is 1. The van der Waals surface area contributed by atoms with Gasteiger partial charge in [-0.3, -0.25) is 4.79 Å². The van der Waals surface area contributed by atoms with Crippen molar-refractivity contribution in [3.05, 3.63) is 0 Å². The molecule has 2 fully saturated rings. The monoisotopic (exact) mass is 198 g/mol. The number of nitrogens with zero attached hydrogens (tertiary/aromatic N) is 1. The minimum absolute atomic E-state index is 0.152. The van der Waals surface area contributed by atoms with Crippen molar-refractivity contribution >= 4 is 5.91 Å². The van der Waals surface area contributed by atoms with Gasteiger partial charge >= 0.3 is 0 Å². The van der Waals surface area contributed by atoms with Crippen LogP contribution in [0.4, 0.5) is 0 Å². The van der Waals surface area contributed by atoms with Gasteiger partial charge in [0.15, 0.2) is 0 Å². The Kier molecular flexibility index (Phi) is 3.03. The number of rotatable bonds is 3. The lowest BCUT2D eigenvalue weighted by Gasteiger charge is -2.44. The van der Waals surface area contributed by atoms with Crippen molar-refractivity contribution < 1.29 is 9.53 Å². The summed E-state index contributed by atoms with van der Waals surface area (Å²) in [6, 6.07) is 0.703. The maximum absolute atomic E-state index is 11.7. The highest BCUT2D eigenvalue weighted by atomic mass is 16.5. The summed E-state index contributed by atoms with van der Waals surface area (Å²) < 4.78 is 5.25. The summed E-state index contributed by atoms with van der Waals surface area (Å²) in [5, 5.41) is 0. The molecular weight excluding hydrogens is 180 g/mol. The third-order valence-corrected chi connectivity index (χ3v) is 3.19. The Morgan fingerprint density at radius 3 is 2.86 bits per heavy atom. The van der Waals surface area contributed by atoms with E-state index in [1.165, 1.54) is 6.42 Å². The number of hydrogen-bond acceptors (Lipinski definition) is 3. The molecule has 80 valence electrons. The van der Waals surface area contributed by atoms with Gasteiger partial charge in [0.1, 0.15) is 6.61 Å². The Hall–Kier alpha value is -0.610. The van der Waals surface area contributed by atoms with Gasteiger partial charge in [-0.1, -0.05) is 0 Å². The quantitative estimate of drug-likeness (QED) is 0.700. The number of morpholine rings is 1. The molecule has 0 aromatic rings. The van der Waals surface area contributed by atoms with E-state index < -0.39 is 0 Å². The molecule has 0 aromatic heterocycles. The van der Waals surface area contributed by atoms with Crippen LogP contribution >= 0.6 is 0 Å². The number of carbonyl (C=O) groups is 1. The third kappa shape index (κ3) is 1.77. The first-order valence-corrected chi connectivity index (χ1v) is 5.42. The second-order valence-corrected chi connectivity index (χ2v) is 4.13. The molecule has 0 aromatic carbocycles. The molecule has 1 saturated carbocycles. The Labute approximate surface area is 84.4 Å². The summed E-state index contributed by atoms with van der Waals surface area (Å²) in [5.74, 6) is 0.152. The maximum atomic E-state index is 11.7. The van der Waals surface area contributed by atoms with Crippen LogP contribution in [0.1, 0.15) is 25.7 Å². The maximum Gasteiger partial charge on any atom is 0.249 e. The standard InChI is InChI=1S/C10H18N2O2/c11-5-4-9-6-14-7-10(13)12(9)8-2-1-3-8/h8-9H,1-7,11H2. The molecular formula is C10H18N2O2. The van der Waals surface area contributed by atoms with Crippen LogP contribution in [0.3, 0.4) is 0 Å². The first-order chi connectivity index (χ1) is 6.83. The zero-order chi connectivity index (χ0) is 9.97. The van der Waals surface area contributed by atoms with Crippen molar-refractivity contribution in [3.8, 4) is 0 Å². The number of carbonyl (C=O) groups excluding carboxylic acids is 1. The van der Waals surface area contributed by atoms with Gasteiger partial charge < -0.3 is 15.4 Å². The molecule has 0 spiro atoms. The van der Waals surface area contributed by atoms with Gasteiger partial charge in [-0.15, -0.1) is 0 Å². The van der Waals surface area contributed by atoms with Crippen molar-refractivity contribution in [1.29, 1.82) is 0 Å². The van der Waals surface area contributed by atoms with E-state index in [1.807, 2.05) is 4.90 Å². The first-order valence-electron chi connectivity index (χ1n) is 5.42. The van der Waals surface area contributed by atoms with Gasteiger partial charge in [0.05, 0.1) is 12.6 Å². The fraction of sp³-hybridized carbons (Fsp3) is 0.900. The van der Waals surface area contributed by atoms with Crippen molar-refractivity contribution in [1.82, 2.24) is 4.90 Å². The molecule has 2 rings (SSSR count). The second kappa shape index (κ2) is 4.28. The zero-order valence-corrected chi connectivity index (χ0v) is 8.45. The van der Waals surface area contributed by atoms with E-state index in [0.717, 1.165) is 19.3 Å². The summed E-state index contributed by atoms with van der Waals surface area (Å²) in [7, 11) is 0. The van der Waals surface area contributed by atoms with E-state index in [2.05, 4.69) is 0 Å². The van der Waals surface area contributed by atoms with Crippen molar-refractivity contribution in [3.63, 3.8) is 0 Å². The van der Waals surface area contributed by atoms with Gasteiger partial charge in [0.25, 0.3) is 0 Å². The predicted molar refractivity (Wildman–Crippen MR) is 52.8 cm³/mol. The van der Waals surface area contributed by atoms with E-state index in [0.29, 0.717) is 19.2 Å². The second-order valence-electron chi connectivity index (χ2n) is 4.13. The molecule has 4 heteroatoms. The molecule has 0 radical (unpaired) electrons. The SMILES string of the molecule is NCCC1COCC(=O)N1C1CCC1. The molecule has 1 aliphatic carbocycles. The van der Waals surface area contributed by atoms with Crippen LogP contribution in [0.15, 0.2) is 0 Å². The minimum Gasteiger partial charge on any atom is -0.369 e. The van der Waals surface area contributed by atoms with Crippen LogP contribution in [-0.4, -0.2) is 42.6 Å². The van der Waals surface area contributed by atoms with Crippen molar-refractivity contribution in [2.45, 2.75) is 37.8 Å². The topological polar surface area (TPSA) is 55.6 Å². The Bertz CT molecular complexity index is 214. The molecule has 1 saturated heterocycles. The van der Waals surface area contributed by atoms with Gasteiger partial charge in [0.2, 0.25) is 5.91 Å². The fourth-order valence-corrected chi connectivity index (χ4v) is 2.22. The normalized spacial score (nSPS) is 29.1. The lowest BCUT2D eigenvalue weighted by molar-refractivity contribution is -0.154. The van der Waals surface area contributed by atoms with Crippen LogP contribution in [0.2, 0.25) is 0 Å². The molecule has 0 bridgehead atoms. The van der Waals surface area contributed by atoms with E-state index in [9.17, 15) is 4.79 Å². The summed E-state index contributed by atoms with van der Waals surface area (Å²) in [6.45, 7) is 1.56. The molecule has 1 heterocycles. The van der Waals surface area contributed by atoms with Gasteiger partial charge in [-0.05, 0) is 32.2 Å². The molecule has 2 aliphatic rings. The number of amides is 1. The highest BCUT2D eigenvalue weighted by molar-refractivity contribution is 5.78. The molecule has 4 nitrogen and oxygen atoms in total. The Morgan fingerprint density at radius 1 is 1.50 bits per heavy atom. The molecule has 1 aliphatic heterocycles. The number of nitrogens with two attached hydrogens (primary N) is 1. The fourth-order valence-electron chi connectivity index (χ4n) is 2.22. The highest BCUT2D eigenvalue weighted by Gasteiger charge is 2.36. The highest BCUT2D eigenvalue weighted by Crippen LogP contribution is 2.28. The van der Waals surface area contributed by atoms with Gasteiger partial charge in [-0.2, -0.15) is 0 Å². The van der Waals surface area contributed by atoms with Gasteiger partial charge in [-0.25, -0.2) is 0 Å². The van der Waals surface area contributed by atoms with Crippen molar-refractivity contribution in [2.24, 2.45) is 5.73 Å². The average molecular weight is 198 g/mol. The summed E-state index contributed by atoms with van der Waals surface area (Å²) in [5.41, 5.74) is 5.53. The van der Waals surface area contributed by atoms with Crippen LogP contribution in [0.5, 0.6) is 0 Å². The lowest BCUT2D eigenvalue weighted by Crippen LogP contribution is -2.56. The number of ether oxygens (including phenoxy) is 1. The summed E-state index contributed by atoms with van der Waals surface area (Å²) in [4.78, 5) is 13.7. The van der Waals surface area contributed by atoms with Crippen LogP contribution in [-0.2, 0) is 9.53 Å². The summed E-state index contributed by atoms with van der Waals surface area (Å²) >= 11 is 0. The van der Waals surface area contributed by atoms with Gasteiger partial charge in [0, 0.05) is 6.04 Å². The van der Waals surface area contributed by atoms with E-state index >= 15 is 0 Å². The predicted octanol–water partition coefficient (Wildman–Crippen LogP) is 0.115. The Balaban J connectivity index is 2.00. The molecule has 14 heavy (non-hydrogen) atoms. The molecule has 2 N–H and O–H groups in total. The van der Waals surface area contributed by atoms with Crippen LogP contribution < -0.4 is 5.73 Å². The average Bonchev–Trinajstić information content (AvgIpc) is 2.08. The van der Waals surface area contributed by atoms with E-state index in [4.69, 9.17) is 10.5 Å². The summed E-state index contributed by atoms with van der Waals surface area (Å²) in [6.07, 6.45) is 4.44. The molecule has 1 unspecified atom stereocenters. The van der Waals surface area contributed by atoms with Crippen LogP contribution in [0.25, 0.3) is 0 Å². The van der Waals surface area contributed by atoms with E-state index in [-0.39, 0.29) is 18.6 Å². The minimum atomic E-state index is 0.152. The van der Waals surface area contributed by atoms with Crippen LogP contribution in [0, 0.1) is 0 Å². The molecule has 1 atom stereocenters. The van der Waals surface area contributed by atoms with E-state index in [1.54, 1.807) is 0 Å². The lowest BCUT2D eigenvalue weighted by atomic mass is 9.89. The Morgan fingerprint density at radius 2 is 2.29 bits per heavy atom. The largest absolute Gasteiger partial charge is 0.369 e. The zero-order valence-electron chi connectivity index (χ0n) is 8.45. The third-order valence-electron chi connectivity index (χ3n) is 3.19. The smallest absolute Gasteiger partial charge is 0.249 e. The molecule has 1 amide bonds.